The molecule has 0 spiro atoms. The van der Waals surface area contributed by atoms with Crippen LogP contribution in [0.4, 0.5) is 4.39 Å². The number of carboxylic acids is 1. The molecule has 0 aromatic heterocycles. The van der Waals surface area contributed by atoms with E-state index in [-0.39, 0.29) is 24.2 Å². The van der Waals surface area contributed by atoms with E-state index >= 15 is 4.39 Å². The van der Waals surface area contributed by atoms with E-state index in [0.717, 1.165) is 6.42 Å². The molecule has 0 aromatic rings. The highest BCUT2D eigenvalue weighted by molar-refractivity contribution is 5.88. The summed E-state index contributed by atoms with van der Waals surface area (Å²) in [4.78, 5) is 11.7. The first-order chi connectivity index (χ1) is 10.9. The Kier molecular flexibility index (Phi) is 5.95. The monoisotopic (exact) mass is 340 g/mol. The number of carbonyl (C=O) groups is 1. The number of halogens is 1. The highest BCUT2D eigenvalue weighted by Gasteiger charge is 2.56. The van der Waals surface area contributed by atoms with E-state index in [1.807, 2.05) is 41.5 Å². The van der Waals surface area contributed by atoms with Crippen LogP contribution < -0.4 is 0 Å². The van der Waals surface area contributed by atoms with Crippen molar-refractivity contribution < 1.29 is 19.4 Å². The van der Waals surface area contributed by atoms with Gasteiger partial charge in [-0.25, -0.2) is 9.18 Å². The van der Waals surface area contributed by atoms with E-state index in [4.69, 9.17) is 0 Å². The maximum atomic E-state index is 15.3. The molecule has 2 N–H and O–H groups in total. The zero-order chi connectivity index (χ0) is 18.9. The molecule has 24 heavy (non-hydrogen) atoms. The Labute approximate surface area is 145 Å². The first kappa shape index (κ1) is 20.7. The van der Waals surface area contributed by atoms with Gasteiger partial charge in [-0.1, -0.05) is 48.5 Å². The van der Waals surface area contributed by atoms with Crippen LogP contribution >= 0.6 is 0 Å². The van der Waals surface area contributed by atoms with Crippen molar-refractivity contribution in [3.8, 4) is 0 Å². The molecule has 0 aromatic carbocycles. The van der Waals surface area contributed by atoms with Gasteiger partial charge in [-0.3, -0.25) is 0 Å². The summed E-state index contributed by atoms with van der Waals surface area (Å²) in [6.45, 7) is 13.5. The highest BCUT2D eigenvalue weighted by Crippen LogP contribution is 2.59. The van der Waals surface area contributed by atoms with Crippen molar-refractivity contribution in [3.05, 3.63) is 23.0 Å². The van der Waals surface area contributed by atoms with Crippen molar-refractivity contribution in [1.29, 1.82) is 0 Å². The molecule has 0 bridgehead atoms. The molecule has 0 saturated heterocycles. The quantitative estimate of drug-likeness (QED) is 0.614. The van der Waals surface area contributed by atoms with Crippen LogP contribution in [0.2, 0.25) is 0 Å². The number of aliphatic hydroxyl groups is 1. The van der Waals surface area contributed by atoms with Crippen molar-refractivity contribution in [2.45, 2.75) is 80.3 Å². The molecular formula is C20H33FO3. The lowest BCUT2D eigenvalue weighted by Crippen LogP contribution is -2.49. The molecule has 1 aliphatic rings. The first-order valence-corrected chi connectivity index (χ1v) is 8.93. The van der Waals surface area contributed by atoms with Crippen molar-refractivity contribution in [2.75, 3.05) is 0 Å². The fraction of sp³-hybridized carbons (Fsp3) is 0.750. The van der Waals surface area contributed by atoms with Crippen molar-refractivity contribution in [3.63, 3.8) is 0 Å². The number of rotatable bonds is 7. The van der Waals surface area contributed by atoms with Gasteiger partial charge >= 0.3 is 5.97 Å². The predicted octanol–water partition coefficient (Wildman–Crippen LogP) is 5.82. The normalized spacial score (nSPS) is 23.9. The molecule has 0 heterocycles. The number of carboxylic acid groups (broad SMARTS) is 1. The summed E-state index contributed by atoms with van der Waals surface area (Å²) in [5, 5.41) is 20.8. The van der Waals surface area contributed by atoms with E-state index in [1.54, 1.807) is 13.0 Å². The SMILES string of the molecule is CCC(F)C1(C(C)(C)CC)CC(C(=O)O)=CC(C(C)(C)CC)=C1O. The van der Waals surface area contributed by atoms with Crippen LogP contribution in [-0.2, 0) is 4.79 Å². The zero-order valence-corrected chi connectivity index (χ0v) is 16.2. The number of hydrogen-bond donors (Lipinski definition) is 2. The Morgan fingerprint density at radius 1 is 1.25 bits per heavy atom. The highest BCUT2D eigenvalue weighted by atomic mass is 19.1. The maximum absolute atomic E-state index is 15.3. The molecule has 1 aliphatic carbocycles. The number of aliphatic carboxylic acids is 1. The summed E-state index contributed by atoms with van der Waals surface area (Å²) in [6, 6.07) is 0. The van der Waals surface area contributed by atoms with Gasteiger partial charge in [-0.2, -0.15) is 0 Å². The molecule has 0 fully saturated rings. The molecule has 2 atom stereocenters. The van der Waals surface area contributed by atoms with Crippen molar-refractivity contribution >= 4 is 5.97 Å². The van der Waals surface area contributed by atoms with Gasteiger partial charge in [0.05, 0.1) is 5.41 Å². The number of allylic oxidation sites excluding steroid dienone is 3. The smallest absolute Gasteiger partial charge is 0.331 e. The fourth-order valence-electron chi connectivity index (χ4n) is 3.67. The molecule has 1 rings (SSSR count). The molecule has 3 nitrogen and oxygen atoms in total. The molecule has 0 saturated carbocycles. The molecule has 138 valence electrons. The van der Waals surface area contributed by atoms with Gasteiger partial charge in [0.1, 0.15) is 11.9 Å². The average molecular weight is 340 g/mol. The van der Waals surface area contributed by atoms with Gasteiger partial charge < -0.3 is 10.2 Å². The minimum Gasteiger partial charge on any atom is -0.511 e. The second-order valence-corrected chi connectivity index (χ2v) is 8.24. The number of hydrogen-bond acceptors (Lipinski definition) is 2. The maximum Gasteiger partial charge on any atom is 0.331 e. The van der Waals surface area contributed by atoms with Gasteiger partial charge in [0.2, 0.25) is 0 Å². The van der Waals surface area contributed by atoms with E-state index in [9.17, 15) is 15.0 Å². The lowest BCUT2D eigenvalue weighted by atomic mass is 9.54. The minimum atomic E-state index is -1.31. The van der Waals surface area contributed by atoms with Crippen molar-refractivity contribution in [1.82, 2.24) is 0 Å². The van der Waals surface area contributed by atoms with Gasteiger partial charge in [-0.05, 0) is 48.2 Å². The molecule has 0 radical (unpaired) electrons. The van der Waals surface area contributed by atoms with Crippen LogP contribution in [0.25, 0.3) is 0 Å². The Morgan fingerprint density at radius 3 is 2.17 bits per heavy atom. The molecule has 4 heteroatoms. The van der Waals surface area contributed by atoms with Crippen LogP contribution in [0, 0.1) is 16.2 Å². The molecule has 0 amide bonds. The average Bonchev–Trinajstić information content (AvgIpc) is 2.53. The van der Waals surface area contributed by atoms with E-state index < -0.39 is 28.4 Å². The summed E-state index contributed by atoms with van der Waals surface area (Å²) in [7, 11) is 0. The van der Waals surface area contributed by atoms with Crippen LogP contribution in [0.5, 0.6) is 0 Å². The summed E-state index contributed by atoms with van der Waals surface area (Å²) >= 11 is 0. The van der Waals surface area contributed by atoms with Gasteiger partial charge in [-0.15, -0.1) is 0 Å². The summed E-state index contributed by atoms with van der Waals surface area (Å²) in [5.41, 5.74) is -1.46. The zero-order valence-electron chi connectivity index (χ0n) is 16.2. The third-order valence-corrected chi connectivity index (χ3v) is 6.34. The standard InChI is InChI=1S/C20H33FO3/c1-8-15(21)20(19(6,7)10-3)12-13(17(23)24)11-14(16(20)22)18(4,5)9-2/h11,15,22H,8-10,12H2,1-7H3,(H,23,24). The minimum absolute atomic E-state index is 0.0211. The number of alkyl halides is 1. The Morgan fingerprint density at radius 2 is 1.79 bits per heavy atom. The van der Waals surface area contributed by atoms with Crippen LogP contribution in [0.15, 0.2) is 23.0 Å². The molecule has 0 aliphatic heterocycles. The number of aliphatic hydroxyl groups excluding tert-OH is 1. The second kappa shape index (κ2) is 6.89. The Hall–Kier alpha value is -1.32. The van der Waals surface area contributed by atoms with Gasteiger partial charge in [0.15, 0.2) is 0 Å². The van der Waals surface area contributed by atoms with Crippen molar-refractivity contribution in [2.24, 2.45) is 16.2 Å². The third-order valence-electron chi connectivity index (χ3n) is 6.34. The van der Waals surface area contributed by atoms with Crippen LogP contribution in [-0.4, -0.2) is 22.4 Å². The third kappa shape index (κ3) is 3.12. The summed E-state index contributed by atoms with van der Waals surface area (Å²) in [5.74, 6) is -0.993. The molecular weight excluding hydrogens is 307 g/mol. The van der Waals surface area contributed by atoms with E-state index in [1.165, 1.54) is 0 Å². The van der Waals surface area contributed by atoms with Crippen LogP contribution in [0.3, 0.4) is 0 Å². The van der Waals surface area contributed by atoms with Gasteiger partial charge in [0.25, 0.3) is 0 Å². The van der Waals surface area contributed by atoms with E-state index in [2.05, 4.69) is 0 Å². The van der Waals surface area contributed by atoms with E-state index in [0.29, 0.717) is 12.0 Å². The molecule has 2 unspecified atom stereocenters. The van der Waals surface area contributed by atoms with Crippen LogP contribution in [0.1, 0.15) is 74.1 Å². The largest absolute Gasteiger partial charge is 0.511 e. The summed E-state index contributed by atoms with van der Waals surface area (Å²) < 4.78 is 15.3. The summed E-state index contributed by atoms with van der Waals surface area (Å²) in [6.07, 6.45) is 1.88. The predicted molar refractivity (Wildman–Crippen MR) is 95.8 cm³/mol. The second-order valence-electron chi connectivity index (χ2n) is 8.24. The first-order valence-electron chi connectivity index (χ1n) is 8.93. The Bertz CT molecular complexity index is 557. The lowest BCUT2D eigenvalue weighted by Gasteiger charge is -2.51. The Balaban J connectivity index is 3.83. The van der Waals surface area contributed by atoms with Gasteiger partial charge in [0, 0.05) is 5.57 Å². The topological polar surface area (TPSA) is 57.5 Å². The lowest BCUT2D eigenvalue weighted by molar-refractivity contribution is -0.133. The fourth-order valence-corrected chi connectivity index (χ4v) is 3.67.